The zero-order chi connectivity index (χ0) is 16.0. The molecule has 7 heteroatoms. The van der Waals surface area contributed by atoms with Gasteiger partial charge in [-0.2, -0.15) is 5.10 Å². The normalized spacial score (nSPS) is 19.4. The number of nitrogens with one attached hydrogen (secondary N) is 1. The Kier molecular flexibility index (Phi) is 3.49. The monoisotopic (exact) mass is 300 g/mol. The van der Waals surface area contributed by atoms with Crippen molar-refractivity contribution in [2.45, 2.75) is 38.9 Å². The molecule has 1 aliphatic rings. The summed E-state index contributed by atoms with van der Waals surface area (Å²) < 4.78 is 13.9. The molecular weight excluding hydrogens is 279 g/mol. The lowest BCUT2D eigenvalue weighted by Gasteiger charge is -2.32. The van der Waals surface area contributed by atoms with Gasteiger partial charge >= 0.3 is 7.12 Å². The van der Waals surface area contributed by atoms with Crippen LogP contribution < -0.4 is 10.8 Å². The molecule has 0 radical (unpaired) electrons. The average Bonchev–Trinajstić information content (AvgIpc) is 3.05. The summed E-state index contributed by atoms with van der Waals surface area (Å²) in [5, 5.41) is 7.32. The van der Waals surface area contributed by atoms with Gasteiger partial charge in [0.2, 0.25) is 0 Å². The molecule has 116 valence electrons. The quantitative estimate of drug-likeness (QED) is 0.873. The third-order valence-corrected chi connectivity index (χ3v) is 4.39. The minimum Gasteiger partial charge on any atom is -0.399 e. The van der Waals surface area contributed by atoms with Crippen LogP contribution in [0.5, 0.6) is 0 Å². The van der Waals surface area contributed by atoms with E-state index in [2.05, 4.69) is 15.4 Å². The molecule has 1 fully saturated rings. The van der Waals surface area contributed by atoms with E-state index in [0.717, 1.165) is 17.1 Å². The van der Waals surface area contributed by atoms with Gasteiger partial charge in [0.05, 0.1) is 11.2 Å². The van der Waals surface area contributed by atoms with Gasteiger partial charge in [-0.25, -0.2) is 9.67 Å². The molecule has 1 aliphatic heterocycles. The number of hydrogen-bond donors (Lipinski definition) is 1. The standard InChI is InChI=1S/C15H21BN4O2/c1-14(2)15(3,4)22-16(21-14)11-7-8-12(19-13(11)17-5)20-10-6-9-18-20/h6-10H,1-5H3,(H,17,19). The zero-order valence-corrected chi connectivity index (χ0v) is 13.6. The molecule has 1 N–H and O–H groups in total. The largest absolute Gasteiger partial charge is 0.498 e. The van der Waals surface area contributed by atoms with Crippen LogP contribution in [-0.2, 0) is 9.31 Å². The number of aromatic nitrogens is 3. The Morgan fingerprint density at radius 1 is 1.14 bits per heavy atom. The molecule has 1 saturated heterocycles. The summed E-state index contributed by atoms with van der Waals surface area (Å²) in [7, 11) is 1.40. The van der Waals surface area contributed by atoms with Crippen molar-refractivity contribution in [2.24, 2.45) is 0 Å². The highest BCUT2D eigenvalue weighted by molar-refractivity contribution is 6.63. The van der Waals surface area contributed by atoms with Gasteiger partial charge < -0.3 is 14.6 Å². The molecule has 0 saturated carbocycles. The van der Waals surface area contributed by atoms with Crippen molar-refractivity contribution < 1.29 is 9.31 Å². The van der Waals surface area contributed by atoms with Gasteiger partial charge in [0.15, 0.2) is 5.82 Å². The fourth-order valence-corrected chi connectivity index (χ4v) is 2.35. The van der Waals surface area contributed by atoms with E-state index < -0.39 is 7.12 Å². The number of pyridine rings is 1. The number of anilines is 1. The predicted molar refractivity (Wildman–Crippen MR) is 86.6 cm³/mol. The van der Waals surface area contributed by atoms with Crippen LogP contribution in [0.4, 0.5) is 5.82 Å². The second-order valence-corrected chi connectivity index (χ2v) is 6.40. The fraction of sp³-hybridized carbons (Fsp3) is 0.467. The summed E-state index contributed by atoms with van der Waals surface area (Å²) in [6.07, 6.45) is 3.58. The molecule has 3 rings (SSSR count). The molecule has 3 heterocycles. The highest BCUT2D eigenvalue weighted by Crippen LogP contribution is 2.36. The summed E-state index contributed by atoms with van der Waals surface area (Å²) in [5.41, 5.74) is 0.143. The third-order valence-electron chi connectivity index (χ3n) is 4.39. The van der Waals surface area contributed by atoms with Gasteiger partial charge in [0.25, 0.3) is 0 Å². The first-order valence-electron chi connectivity index (χ1n) is 7.38. The van der Waals surface area contributed by atoms with Crippen LogP contribution in [0.3, 0.4) is 0 Å². The second-order valence-electron chi connectivity index (χ2n) is 6.40. The average molecular weight is 300 g/mol. The van der Waals surface area contributed by atoms with E-state index in [1.54, 1.807) is 10.9 Å². The molecule has 0 unspecified atom stereocenters. The molecule has 22 heavy (non-hydrogen) atoms. The smallest absolute Gasteiger partial charge is 0.399 e. The van der Waals surface area contributed by atoms with E-state index >= 15 is 0 Å². The lowest BCUT2D eigenvalue weighted by molar-refractivity contribution is 0.00578. The van der Waals surface area contributed by atoms with Crippen molar-refractivity contribution in [1.29, 1.82) is 0 Å². The van der Waals surface area contributed by atoms with Crippen LogP contribution in [-0.4, -0.2) is 40.1 Å². The van der Waals surface area contributed by atoms with E-state index in [4.69, 9.17) is 9.31 Å². The van der Waals surface area contributed by atoms with Gasteiger partial charge in [0, 0.05) is 24.9 Å². The summed E-state index contributed by atoms with van der Waals surface area (Å²) in [6.45, 7) is 8.16. The fourth-order valence-electron chi connectivity index (χ4n) is 2.35. The molecule has 0 aromatic carbocycles. The van der Waals surface area contributed by atoms with Crippen molar-refractivity contribution in [3.05, 3.63) is 30.6 Å². The van der Waals surface area contributed by atoms with Gasteiger partial charge in [-0.15, -0.1) is 0 Å². The van der Waals surface area contributed by atoms with E-state index in [1.807, 2.05) is 59.1 Å². The van der Waals surface area contributed by atoms with Crippen molar-refractivity contribution in [2.75, 3.05) is 12.4 Å². The van der Waals surface area contributed by atoms with Crippen molar-refractivity contribution in [3.63, 3.8) is 0 Å². The molecule has 2 aromatic rings. The molecule has 0 amide bonds. The molecule has 0 spiro atoms. The van der Waals surface area contributed by atoms with Crippen LogP contribution >= 0.6 is 0 Å². The summed E-state index contributed by atoms with van der Waals surface area (Å²) >= 11 is 0. The van der Waals surface area contributed by atoms with E-state index in [1.165, 1.54) is 0 Å². The first kappa shape index (κ1) is 15.1. The van der Waals surface area contributed by atoms with Gasteiger partial charge in [-0.3, -0.25) is 0 Å². The second kappa shape index (κ2) is 5.10. The zero-order valence-electron chi connectivity index (χ0n) is 13.6. The van der Waals surface area contributed by atoms with Crippen LogP contribution in [0.2, 0.25) is 0 Å². The minimum absolute atomic E-state index is 0.372. The Labute approximate surface area is 131 Å². The molecule has 0 aliphatic carbocycles. The molecule has 6 nitrogen and oxygen atoms in total. The van der Waals surface area contributed by atoms with Crippen LogP contribution in [0, 0.1) is 0 Å². The van der Waals surface area contributed by atoms with Crippen molar-refractivity contribution in [3.8, 4) is 5.82 Å². The predicted octanol–water partition coefficient (Wildman–Crippen LogP) is 1.61. The summed E-state index contributed by atoms with van der Waals surface area (Å²) in [4.78, 5) is 4.60. The maximum atomic E-state index is 6.10. The molecule has 0 bridgehead atoms. The minimum atomic E-state index is -0.438. The lowest BCUT2D eigenvalue weighted by atomic mass is 9.79. The Balaban J connectivity index is 1.95. The molecular formula is C15H21BN4O2. The van der Waals surface area contributed by atoms with E-state index in [-0.39, 0.29) is 11.2 Å². The van der Waals surface area contributed by atoms with E-state index in [9.17, 15) is 0 Å². The SMILES string of the molecule is CNc1nc(-n2cccn2)ccc1B1OC(C)(C)C(C)(C)O1. The maximum absolute atomic E-state index is 6.10. The van der Waals surface area contributed by atoms with Gasteiger partial charge in [-0.05, 0) is 39.8 Å². The molecule has 2 aromatic heterocycles. The first-order chi connectivity index (χ1) is 10.3. The highest BCUT2D eigenvalue weighted by atomic mass is 16.7. The van der Waals surface area contributed by atoms with Crippen molar-refractivity contribution in [1.82, 2.24) is 14.8 Å². The Morgan fingerprint density at radius 3 is 2.36 bits per heavy atom. The Morgan fingerprint density at radius 2 is 1.82 bits per heavy atom. The van der Waals surface area contributed by atoms with Crippen LogP contribution in [0.25, 0.3) is 5.82 Å². The van der Waals surface area contributed by atoms with Crippen molar-refractivity contribution >= 4 is 18.4 Å². The topological polar surface area (TPSA) is 61.2 Å². The summed E-state index contributed by atoms with van der Waals surface area (Å²) in [5.74, 6) is 1.47. The Bertz CT molecular complexity index is 654. The third kappa shape index (κ3) is 2.40. The molecule has 0 atom stereocenters. The Hall–Kier alpha value is -1.86. The van der Waals surface area contributed by atoms with Crippen LogP contribution in [0.1, 0.15) is 27.7 Å². The first-order valence-corrected chi connectivity index (χ1v) is 7.38. The number of rotatable bonds is 3. The highest BCUT2D eigenvalue weighted by Gasteiger charge is 2.52. The van der Waals surface area contributed by atoms with Crippen LogP contribution in [0.15, 0.2) is 30.6 Å². The number of hydrogen-bond acceptors (Lipinski definition) is 5. The van der Waals surface area contributed by atoms with E-state index in [0.29, 0.717) is 0 Å². The number of nitrogens with zero attached hydrogens (tertiary/aromatic N) is 3. The van der Waals surface area contributed by atoms with Gasteiger partial charge in [-0.1, -0.05) is 6.07 Å². The summed E-state index contributed by atoms with van der Waals surface area (Å²) in [6, 6.07) is 5.75. The lowest BCUT2D eigenvalue weighted by Crippen LogP contribution is -2.41. The van der Waals surface area contributed by atoms with Gasteiger partial charge in [0.1, 0.15) is 5.82 Å². The maximum Gasteiger partial charge on any atom is 0.498 e.